The zero-order valence-electron chi connectivity index (χ0n) is 13.2. The summed E-state index contributed by atoms with van der Waals surface area (Å²) in [6.45, 7) is 4.36. The molecule has 1 aromatic heterocycles. The molecule has 0 unspecified atom stereocenters. The maximum absolute atomic E-state index is 12.3. The first-order valence-corrected chi connectivity index (χ1v) is 7.34. The van der Waals surface area contributed by atoms with Gasteiger partial charge in [0.1, 0.15) is 18.1 Å². The van der Waals surface area contributed by atoms with E-state index < -0.39 is 12.0 Å². The van der Waals surface area contributed by atoms with Crippen LogP contribution in [-0.4, -0.2) is 34.5 Å². The maximum atomic E-state index is 12.3. The Bertz CT molecular complexity index is 749. The van der Waals surface area contributed by atoms with E-state index in [4.69, 9.17) is 9.47 Å². The lowest BCUT2D eigenvalue weighted by Gasteiger charge is -2.27. The average molecular weight is 314 g/mol. The molecule has 0 aliphatic carbocycles. The Morgan fingerprint density at radius 3 is 2.74 bits per heavy atom. The Morgan fingerprint density at radius 2 is 2.09 bits per heavy atom. The highest BCUT2D eigenvalue weighted by Gasteiger charge is 2.33. The molecule has 0 fully saturated rings. The summed E-state index contributed by atoms with van der Waals surface area (Å²) in [5.41, 5.74) is 2.12. The molecule has 7 heteroatoms. The number of nitrogens with zero attached hydrogens (tertiary/aromatic N) is 3. The predicted molar refractivity (Wildman–Crippen MR) is 84.1 cm³/mol. The van der Waals surface area contributed by atoms with Crippen molar-refractivity contribution in [2.24, 2.45) is 0 Å². The lowest BCUT2D eigenvalue weighted by Crippen LogP contribution is -2.29. The third-order valence-corrected chi connectivity index (χ3v) is 3.71. The molecule has 0 radical (unpaired) electrons. The Balaban J connectivity index is 2.07. The van der Waals surface area contributed by atoms with Crippen LogP contribution in [0.1, 0.15) is 25.5 Å². The van der Waals surface area contributed by atoms with Crippen molar-refractivity contribution >= 4 is 11.9 Å². The van der Waals surface area contributed by atoms with Gasteiger partial charge in [0.05, 0.1) is 19.3 Å². The monoisotopic (exact) mass is 314 g/mol. The van der Waals surface area contributed by atoms with Crippen molar-refractivity contribution in [1.82, 2.24) is 14.8 Å². The van der Waals surface area contributed by atoms with E-state index >= 15 is 0 Å². The summed E-state index contributed by atoms with van der Waals surface area (Å²) in [7, 11) is 1.37. The zero-order chi connectivity index (χ0) is 16.4. The van der Waals surface area contributed by atoms with Crippen LogP contribution in [0.5, 0.6) is 5.75 Å². The lowest BCUT2D eigenvalue weighted by molar-refractivity contribution is -0.136. The first-order chi connectivity index (χ1) is 11.2. The summed E-state index contributed by atoms with van der Waals surface area (Å²) in [5.74, 6) is 0.980. The van der Waals surface area contributed by atoms with Gasteiger partial charge in [0.25, 0.3) is 0 Å². The van der Waals surface area contributed by atoms with Crippen LogP contribution in [0, 0.1) is 0 Å². The van der Waals surface area contributed by atoms with E-state index in [2.05, 4.69) is 15.4 Å². The van der Waals surface area contributed by atoms with Gasteiger partial charge in [0.2, 0.25) is 5.95 Å². The quantitative estimate of drug-likeness (QED) is 0.871. The van der Waals surface area contributed by atoms with E-state index in [-0.39, 0.29) is 0 Å². The maximum Gasteiger partial charge on any atom is 0.338 e. The lowest BCUT2D eigenvalue weighted by atomic mass is 9.96. The second kappa shape index (κ2) is 6.12. The van der Waals surface area contributed by atoms with Crippen LogP contribution in [0.2, 0.25) is 0 Å². The number of allylic oxidation sites excluding steroid dienone is 1. The Morgan fingerprint density at radius 1 is 1.35 bits per heavy atom. The topological polar surface area (TPSA) is 78.3 Å². The first-order valence-electron chi connectivity index (χ1n) is 7.34. The number of nitrogens with one attached hydrogen (secondary N) is 1. The van der Waals surface area contributed by atoms with Gasteiger partial charge in [-0.2, -0.15) is 10.1 Å². The summed E-state index contributed by atoms with van der Waals surface area (Å²) in [6, 6.07) is 7.20. The second-order valence-electron chi connectivity index (χ2n) is 5.09. The van der Waals surface area contributed by atoms with Gasteiger partial charge < -0.3 is 14.8 Å². The highest BCUT2D eigenvalue weighted by atomic mass is 16.5. The molecule has 0 spiro atoms. The number of rotatable bonds is 4. The van der Waals surface area contributed by atoms with Crippen LogP contribution in [0.15, 0.2) is 41.9 Å². The molecular weight excluding hydrogens is 296 g/mol. The van der Waals surface area contributed by atoms with Gasteiger partial charge in [-0.1, -0.05) is 12.1 Å². The second-order valence-corrected chi connectivity index (χ2v) is 5.09. The van der Waals surface area contributed by atoms with E-state index in [1.165, 1.54) is 13.4 Å². The van der Waals surface area contributed by atoms with Gasteiger partial charge in [0, 0.05) is 5.70 Å². The molecular formula is C16H18N4O3. The molecule has 0 amide bonds. The van der Waals surface area contributed by atoms with Crippen LogP contribution in [-0.2, 0) is 9.53 Å². The third-order valence-electron chi connectivity index (χ3n) is 3.71. The summed E-state index contributed by atoms with van der Waals surface area (Å²) in [4.78, 5) is 16.4. The molecule has 3 rings (SSSR count). The highest BCUT2D eigenvalue weighted by molar-refractivity contribution is 5.92. The number of hydrogen-bond acceptors (Lipinski definition) is 6. The van der Waals surface area contributed by atoms with Gasteiger partial charge in [-0.3, -0.25) is 0 Å². The fraction of sp³-hybridized carbons (Fsp3) is 0.312. The van der Waals surface area contributed by atoms with Gasteiger partial charge in [-0.15, -0.1) is 0 Å². The van der Waals surface area contributed by atoms with Crippen molar-refractivity contribution in [1.29, 1.82) is 0 Å². The largest absolute Gasteiger partial charge is 0.494 e. The number of carbonyl (C=O) groups excluding carboxylic acids is 1. The van der Waals surface area contributed by atoms with Crippen molar-refractivity contribution in [3.05, 3.63) is 47.4 Å². The zero-order valence-corrected chi connectivity index (χ0v) is 13.2. The molecule has 1 atom stereocenters. The Hall–Kier alpha value is -2.83. The van der Waals surface area contributed by atoms with Crippen molar-refractivity contribution in [2.75, 3.05) is 19.0 Å². The molecule has 0 bridgehead atoms. The third kappa shape index (κ3) is 2.65. The van der Waals surface area contributed by atoms with Gasteiger partial charge in [0.15, 0.2) is 0 Å². The molecule has 1 aliphatic rings. The van der Waals surface area contributed by atoms with Crippen LogP contribution in [0.3, 0.4) is 0 Å². The van der Waals surface area contributed by atoms with Crippen molar-refractivity contribution in [2.45, 2.75) is 19.9 Å². The number of hydrogen-bond donors (Lipinski definition) is 1. The number of esters is 1. The van der Waals surface area contributed by atoms with Crippen LogP contribution in [0.4, 0.5) is 5.95 Å². The van der Waals surface area contributed by atoms with Gasteiger partial charge in [-0.25, -0.2) is 9.48 Å². The summed E-state index contributed by atoms with van der Waals surface area (Å²) >= 11 is 0. The van der Waals surface area contributed by atoms with Crippen LogP contribution >= 0.6 is 0 Å². The minimum Gasteiger partial charge on any atom is -0.494 e. The molecule has 1 N–H and O–H groups in total. The first kappa shape index (κ1) is 15.1. The average Bonchev–Trinajstić information content (AvgIpc) is 3.02. The highest BCUT2D eigenvalue weighted by Crippen LogP contribution is 2.35. The van der Waals surface area contributed by atoms with Crippen molar-refractivity contribution < 1.29 is 14.3 Å². The van der Waals surface area contributed by atoms with Crippen LogP contribution < -0.4 is 10.1 Å². The molecule has 0 saturated carbocycles. The summed E-state index contributed by atoms with van der Waals surface area (Å²) in [6.07, 6.45) is 1.46. The molecule has 7 nitrogen and oxygen atoms in total. The smallest absolute Gasteiger partial charge is 0.338 e. The fourth-order valence-electron chi connectivity index (χ4n) is 2.69. The number of carbonyl (C=O) groups is 1. The van der Waals surface area contributed by atoms with Gasteiger partial charge in [-0.05, 0) is 31.5 Å². The molecule has 1 aliphatic heterocycles. The minimum atomic E-state index is -0.393. The number of fused-ring (bicyclic) bond motifs is 1. The standard InChI is InChI=1S/C16H18N4O3/c1-4-23-12-7-5-11(6-8-12)14-13(15(21)22-3)10(2)19-16-17-9-18-20(14)16/h5-9,14H,4H2,1-3H3,(H,17,18,19)/t14-/m0/s1. The number of methoxy groups -OCH3 is 1. The molecule has 1 aromatic carbocycles. The predicted octanol–water partition coefficient (Wildman–Crippen LogP) is 2.14. The van der Waals surface area contributed by atoms with Crippen molar-refractivity contribution in [3.63, 3.8) is 0 Å². The number of ether oxygens (including phenoxy) is 2. The summed E-state index contributed by atoms with van der Waals surface area (Å²) in [5, 5.41) is 7.32. The molecule has 23 heavy (non-hydrogen) atoms. The normalized spacial score (nSPS) is 16.6. The SMILES string of the molecule is CCOc1ccc([C@H]2C(C(=O)OC)=C(C)Nc3ncnn32)cc1. The number of anilines is 1. The van der Waals surface area contributed by atoms with Crippen molar-refractivity contribution in [3.8, 4) is 5.75 Å². The Labute approximate surface area is 133 Å². The minimum absolute atomic E-state index is 0.392. The molecule has 2 aromatic rings. The molecule has 2 heterocycles. The van der Waals surface area contributed by atoms with E-state index in [9.17, 15) is 4.79 Å². The fourth-order valence-corrected chi connectivity index (χ4v) is 2.69. The number of benzene rings is 1. The van der Waals surface area contributed by atoms with E-state index in [0.717, 1.165) is 11.3 Å². The van der Waals surface area contributed by atoms with E-state index in [1.54, 1.807) is 4.68 Å². The summed E-state index contributed by atoms with van der Waals surface area (Å²) < 4.78 is 12.1. The van der Waals surface area contributed by atoms with Crippen LogP contribution in [0.25, 0.3) is 0 Å². The van der Waals surface area contributed by atoms with Gasteiger partial charge >= 0.3 is 5.97 Å². The Kier molecular flexibility index (Phi) is 4.01. The molecule has 120 valence electrons. The molecule has 0 saturated heterocycles. The number of aromatic nitrogens is 3. The van der Waals surface area contributed by atoms with E-state index in [0.29, 0.717) is 23.8 Å². The van der Waals surface area contributed by atoms with E-state index in [1.807, 2.05) is 38.1 Å².